The number of rotatable bonds is 6. The van der Waals surface area contributed by atoms with Gasteiger partial charge in [0.2, 0.25) is 5.91 Å². The second kappa shape index (κ2) is 9.94. The highest BCUT2D eigenvalue weighted by molar-refractivity contribution is 7.15. The fourth-order valence-corrected chi connectivity index (χ4v) is 5.74. The lowest BCUT2D eigenvalue weighted by molar-refractivity contribution is -0.141. The Kier molecular flexibility index (Phi) is 6.66. The van der Waals surface area contributed by atoms with E-state index in [2.05, 4.69) is 15.5 Å². The summed E-state index contributed by atoms with van der Waals surface area (Å²) >= 11 is 1.60. The molecule has 1 aliphatic rings. The minimum absolute atomic E-state index is 0.124. The summed E-state index contributed by atoms with van der Waals surface area (Å²) in [6, 6.07) is 12.4. The van der Waals surface area contributed by atoms with E-state index in [4.69, 9.17) is 4.99 Å². The summed E-state index contributed by atoms with van der Waals surface area (Å²) in [5.41, 5.74) is 4.77. The molecule has 1 amide bonds. The number of aliphatic imine (C=N–C) groups is 1. The quantitative estimate of drug-likeness (QED) is 0.356. The van der Waals surface area contributed by atoms with Crippen LogP contribution in [0.1, 0.15) is 51.7 Å². The van der Waals surface area contributed by atoms with Gasteiger partial charge in [0, 0.05) is 21.7 Å². The van der Waals surface area contributed by atoms with Crippen LogP contribution in [0.15, 0.2) is 53.5 Å². The average molecular weight is 532 g/mol. The highest BCUT2D eigenvalue weighted by Crippen LogP contribution is 2.40. The zero-order valence-electron chi connectivity index (χ0n) is 21.3. The molecule has 10 heteroatoms. The van der Waals surface area contributed by atoms with Crippen molar-refractivity contribution in [2.24, 2.45) is 10.9 Å². The summed E-state index contributed by atoms with van der Waals surface area (Å²) in [6.45, 7) is 7.55. The molecule has 2 aromatic heterocycles. The molecular formula is C28H26FN5O3S. The van der Waals surface area contributed by atoms with Crippen molar-refractivity contribution in [3.8, 4) is 5.00 Å². The Labute approximate surface area is 222 Å². The van der Waals surface area contributed by atoms with Gasteiger partial charge in [0.15, 0.2) is 5.82 Å². The number of aryl methyl sites for hydroxylation is 2. The van der Waals surface area contributed by atoms with Crippen LogP contribution in [0.2, 0.25) is 0 Å². The number of anilines is 1. The number of benzene rings is 2. The molecule has 0 saturated carbocycles. The van der Waals surface area contributed by atoms with Crippen LogP contribution in [0.25, 0.3) is 5.00 Å². The van der Waals surface area contributed by atoms with Gasteiger partial charge in [-0.3, -0.25) is 19.1 Å². The van der Waals surface area contributed by atoms with Crippen LogP contribution >= 0.6 is 11.3 Å². The first kappa shape index (κ1) is 25.5. The summed E-state index contributed by atoms with van der Waals surface area (Å²) in [6.07, 6.45) is 0.124. The van der Waals surface area contributed by atoms with E-state index in [0.717, 1.165) is 26.6 Å². The fourth-order valence-electron chi connectivity index (χ4n) is 4.52. The van der Waals surface area contributed by atoms with Crippen molar-refractivity contribution in [1.82, 2.24) is 14.8 Å². The predicted molar refractivity (Wildman–Crippen MR) is 144 cm³/mol. The maximum absolute atomic E-state index is 13.1. The zero-order valence-corrected chi connectivity index (χ0v) is 22.1. The molecule has 0 aliphatic carbocycles. The lowest BCUT2D eigenvalue weighted by Gasteiger charge is -2.16. The van der Waals surface area contributed by atoms with Gasteiger partial charge in [-0.25, -0.2) is 4.39 Å². The van der Waals surface area contributed by atoms with Gasteiger partial charge >= 0.3 is 5.97 Å². The number of carbonyl (C=O) groups is 2. The molecule has 38 heavy (non-hydrogen) atoms. The Morgan fingerprint density at radius 2 is 1.76 bits per heavy atom. The molecule has 1 aliphatic heterocycles. The van der Waals surface area contributed by atoms with E-state index in [1.165, 1.54) is 12.1 Å². The van der Waals surface area contributed by atoms with E-state index in [9.17, 15) is 19.1 Å². The molecule has 2 atom stereocenters. The molecule has 2 N–H and O–H groups in total. The van der Waals surface area contributed by atoms with Gasteiger partial charge in [0.25, 0.3) is 0 Å². The molecule has 8 nitrogen and oxygen atoms in total. The van der Waals surface area contributed by atoms with Crippen molar-refractivity contribution in [2.75, 3.05) is 5.32 Å². The van der Waals surface area contributed by atoms with Crippen LogP contribution in [0.4, 0.5) is 10.1 Å². The molecule has 4 aromatic rings. The van der Waals surface area contributed by atoms with Gasteiger partial charge in [-0.2, -0.15) is 0 Å². The molecule has 0 bridgehead atoms. The van der Waals surface area contributed by atoms with E-state index in [-0.39, 0.29) is 18.1 Å². The van der Waals surface area contributed by atoms with E-state index >= 15 is 0 Å². The number of nitrogens with one attached hydrogen (secondary N) is 1. The third-order valence-electron chi connectivity index (χ3n) is 6.77. The Morgan fingerprint density at radius 1 is 1.08 bits per heavy atom. The van der Waals surface area contributed by atoms with Crippen molar-refractivity contribution >= 4 is 34.6 Å². The lowest BCUT2D eigenvalue weighted by Crippen LogP contribution is -2.21. The Hall–Kier alpha value is -4.18. The zero-order chi connectivity index (χ0) is 27.1. The number of nitrogens with zero attached hydrogens (tertiary/aromatic N) is 4. The third-order valence-corrected chi connectivity index (χ3v) is 7.96. The third kappa shape index (κ3) is 4.63. The van der Waals surface area contributed by atoms with E-state index < -0.39 is 17.9 Å². The summed E-state index contributed by atoms with van der Waals surface area (Å²) in [5, 5.41) is 22.2. The number of aromatic nitrogens is 3. The molecule has 1 unspecified atom stereocenters. The second-order valence-electron chi connectivity index (χ2n) is 9.38. The number of hydrogen-bond acceptors (Lipinski definition) is 6. The van der Waals surface area contributed by atoms with Crippen LogP contribution in [0, 0.1) is 32.5 Å². The van der Waals surface area contributed by atoms with Crippen LogP contribution in [-0.4, -0.2) is 37.5 Å². The number of hydrogen-bond donors (Lipinski definition) is 2. The first-order valence-corrected chi connectivity index (χ1v) is 12.9. The number of halogens is 1. The van der Waals surface area contributed by atoms with Crippen molar-refractivity contribution in [1.29, 1.82) is 0 Å². The van der Waals surface area contributed by atoms with Crippen LogP contribution in [0.3, 0.4) is 0 Å². The van der Waals surface area contributed by atoms with Gasteiger partial charge in [0.05, 0.1) is 18.1 Å². The number of amides is 1. The Balaban J connectivity index is 1.51. The Bertz CT molecular complexity index is 1570. The van der Waals surface area contributed by atoms with Crippen LogP contribution < -0.4 is 5.32 Å². The molecule has 0 spiro atoms. The second-order valence-corrected chi connectivity index (χ2v) is 10.6. The van der Waals surface area contributed by atoms with E-state index in [1.54, 1.807) is 42.5 Å². The SMILES string of the molecule is Cc1sc2c(c1C)C(c1ccc(NC(=O)Cc3ccc(F)cc3)cc1)=NC([C@H](C)C(=O)O)c1nnc(C)n1-2. The molecular weight excluding hydrogens is 505 g/mol. The molecule has 194 valence electrons. The first-order valence-electron chi connectivity index (χ1n) is 12.1. The van der Waals surface area contributed by atoms with Crippen molar-refractivity contribution in [3.05, 3.63) is 93.1 Å². The standard InChI is InChI=1S/C28H26FN5O3S/c1-14-16(3)38-27-23(14)25(31-24(15(2)28(36)37)26-33-32-17(4)34(26)27)19-7-11-21(12-8-19)30-22(35)13-18-5-9-20(29)10-6-18/h5-12,15,24H,13H2,1-4H3,(H,30,35)(H,36,37)/t15-,24?/m0/s1. The highest BCUT2D eigenvalue weighted by Gasteiger charge is 2.36. The highest BCUT2D eigenvalue weighted by atomic mass is 32.1. The average Bonchev–Trinajstić information content (AvgIpc) is 3.35. The van der Waals surface area contributed by atoms with Crippen LogP contribution in [0.5, 0.6) is 0 Å². The molecule has 0 fully saturated rings. The first-order chi connectivity index (χ1) is 18.1. The van der Waals surface area contributed by atoms with Gasteiger partial charge in [-0.1, -0.05) is 24.3 Å². The molecule has 0 saturated heterocycles. The minimum atomic E-state index is -0.970. The van der Waals surface area contributed by atoms with Gasteiger partial charge in [-0.05, 0) is 63.1 Å². The lowest BCUT2D eigenvalue weighted by atomic mass is 9.98. The summed E-state index contributed by atoms with van der Waals surface area (Å²) < 4.78 is 15.1. The maximum Gasteiger partial charge on any atom is 0.308 e. The van der Waals surface area contributed by atoms with Gasteiger partial charge < -0.3 is 10.4 Å². The van der Waals surface area contributed by atoms with Gasteiger partial charge in [-0.15, -0.1) is 21.5 Å². The minimum Gasteiger partial charge on any atom is -0.481 e. The number of aliphatic carboxylic acids is 1. The number of carbonyl (C=O) groups excluding carboxylic acids is 1. The number of thiophene rings is 1. The smallest absolute Gasteiger partial charge is 0.308 e. The number of carboxylic acid groups (broad SMARTS) is 1. The predicted octanol–water partition coefficient (Wildman–Crippen LogP) is 5.19. The number of fused-ring (bicyclic) bond motifs is 3. The Morgan fingerprint density at radius 3 is 2.42 bits per heavy atom. The van der Waals surface area contributed by atoms with Crippen LogP contribution in [-0.2, 0) is 16.0 Å². The van der Waals surface area contributed by atoms with Crippen molar-refractivity contribution in [3.63, 3.8) is 0 Å². The van der Waals surface area contributed by atoms with Gasteiger partial charge in [0.1, 0.15) is 22.7 Å². The van der Waals surface area contributed by atoms with E-state index in [1.807, 2.05) is 37.5 Å². The number of carboxylic acids is 1. The molecule has 0 radical (unpaired) electrons. The molecule has 3 heterocycles. The van der Waals surface area contributed by atoms with Crippen molar-refractivity contribution in [2.45, 2.75) is 40.2 Å². The largest absolute Gasteiger partial charge is 0.481 e. The summed E-state index contributed by atoms with van der Waals surface area (Å²) in [5.74, 6) is -1.19. The van der Waals surface area contributed by atoms with Crippen molar-refractivity contribution < 1.29 is 19.1 Å². The fraction of sp³-hybridized carbons (Fsp3) is 0.250. The molecule has 5 rings (SSSR count). The maximum atomic E-state index is 13.1. The normalized spacial score (nSPS) is 15.2. The van der Waals surface area contributed by atoms with E-state index in [0.29, 0.717) is 28.6 Å². The monoisotopic (exact) mass is 531 g/mol. The summed E-state index contributed by atoms with van der Waals surface area (Å²) in [7, 11) is 0. The summed E-state index contributed by atoms with van der Waals surface area (Å²) in [4.78, 5) is 30.6. The topological polar surface area (TPSA) is 109 Å². The molecule has 2 aromatic carbocycles.